The first-order valence-electron chi connectivity index (χ1n) is 15.1. The van der Waals surface area contributed by atoms with Gasteiger partial charge in [0.1, 0.15) is 0 Å². The molecule has 0 unspecified atom stereocenters. The Hall–Kier alpha value is -3.14. The molecule has 0 N–H and O–H groups in total. The van der Waals surface area contributed by atoms with Crippen LogP contribution in [0.15, 0.2) is 82.8 Å². The van der Waals surface area contributed by atoms with Crippen molar-refractivity contribution < 1.29 is 27.3 Å². The van der Waals surface area contributed by atoms with Crippen LogP contribution in [0.3, 0.4) is 0 Å². The number of rotatable bonds is 4. The first-order valence-corrected chi connectivity index (χ1v) is 15.1. The van der Waals surface area contributed by atoms with Crippen LogP contribution in [0.4, 0.5) is 0 Å². The van der Waals surface area contributed by atoms with Crippen LogP contribution in [0.5, 0.6) is 11.5 Å². The minimum absolute atomic E-state index is 0. The van der Waals surface area contributed by atoms with Gasteiger partial charge in [0.25, 0.3) is 0 Å². The SMILES string of the molecule is [Cu+2].[O-]c1ccc2ccccc2c1C=NC1CCCCCC1.[O-]c1ccc2ccccc2c1C=NC1CCCCCC1. The van der Waals surface area contributed by atoms with Crippen molar-refractivity contribution in [1.29, 1.82) is 0 Å². The molecule has 6 rings (SSSR count). The summed E-state index contributed by atoms with van der Waals surface area (Å²) in [5.41, 5.74) is 1.49. The van der Waals surface area contributed by atoms with E-state index in [-0.39, 0.29) is 28.6 Å². The third-order valence-electron chi connectivity index (χ3n) is 8.34. The molecule has 1 radical (unpaired) electrons. The van der Waals surface area contributed by atoms with Crippen LogP contribution >= 0.6 is 0 Å². The maximum absolute atomic E-state index is 12.1. The summed E-state index contributed by atoms with van der Waals surface area (Å²) >= 11 is 0. The van der Waals surface area contributed by atoms with Crippen molar-refractivity contribution in [1.82, 2.24) is 0 Å². The van der Waals surface area contributed by atoms with Crippen molar-refractivity contribution >= 4 is 34.0 Å². The first-order chi connectivity index (χ1) is 19.7. The van der Waals surface area contributed by atoms with Gasteiger partial charge in [-0.25, -0.2) is 0 Å². The zero-order valence-corrected chi connectivity index (χ0v) is 24.7. The monoisotopic (exact) mass is 595 g/mol. The fraction of sp³-hybridized carbons (Fsp3) is 0.389. The summed E-state index contributed by atoms with van der Waals surface area (Å²) in [5.74, 6) is 0.141. The molecule has 4 nitrogen and oxygen atoms in total. The quantitative estimate of drug-likeness (QED) is 0.136. The zero-order chi connectivity index (χ0) is 27.6. The average molecular weight is 596 g/mol. The molecule has 0 spiro atoms. The molecule has 0 bridgehead atoms. The number of hydrogen-bond donors (Lipinski definition) is 0. The number of aliphatic imine (C=N–C) groups is 2. The van der Waals surface area contributed by atoms with Crippen molar-refractivity contribution in [3.8, 4) is 11.5 Å². The van der Waals surface area contributed by atoms with Gasteiger partial charge in [-0.05, 0) is 58.4 Å². The van der Waals surface area contributed by atoms with E-state index in [4.69, 9.17) is 9.98 Å². The van der Waals surface area contributed by atoms with Crippen molar-refractivity contribution in [2.75, 3.05) is 0 Å². The van der Waals surface area contributed by atoms with Gasteiger partial charge < -0.3 is 10.2 Å². The third-order valence-corrected chi connectivity index (χ3v) is 8.34. The van der Waals surface area contributed by atoms with E-state index < -0.39 is 0 Å². The molecule has 4 aromatic carbocycles. The fourth-order valence-corrected chi connectivity index (χ4v) is 5.99. The molecule has 4 aromatic rings. The summed E-state index contributed by atoms with van der Waals surface area (Å²) in [4.78, 5) is 9.40. The maximum atomic E-state index is 12.1. The van der Waals surface area contributed by atoms with E-state index in [9.17, 15) is 10.2 Å². The summed E-state index contributed by atoms with van der Waals surface area (Å²) in [5, 5.41) is 28.4. The van der Waals surface area contributed by atoms with Crippen molar-refractivity contribution in [2.45, 2.75) is 89.1 Å². The van der Waals surface area contributed by atoms with Gasteiger partial charge in [-0.1, -0.05) is 136 Å². The molecule has 5 heteroatoms. The molecular formula is C36H40CuN2O2. The van der Waals surface area contributed by atoms with E-state index in [1.54, 1.807) is 12.1 Å². The van der Waals surface area contributed by atoms with Gasteiger partial charge in [-0.15, -0.1) is 0 Å². The van der Waals surface area contributed by atoms with E-state index in [1.165, 1.54) is 51.4 Å². The molecule has 0 heterocycles. The molecule has 0 atom stereocenters. The maximum Gasteiger partial charge on any atom is 2.00 e. The van der Waals surface area contributed by atoms with Gasteiger partial charge in [0, 0.05) is 24.5 Å². The van der Waals surface area contributed by atoms with Crippen molar-refractivity contribution in [3.63, 3.8) is 0 Å². The molecule has 0 aliphatic heterocycles. The Balaban J connectivity index is 0.000000184. The molecule has 0 aromatic heterocycles. The summed E-state index contributed by atoms with van der Waals surface area (Å²) in [6, 6.07) is 23.9. The van der Waals surface area contributed by atoms with Gasteiger partial charge in [-0.3, -0.25) is 9.98 Å². The second-order valence-electron chi connectivity index (χ2n) is 11.2. The van der Waals surface area contributed by atoms with E-state index >= 15 is 0 Å². The van der Waals surface area contributed by atoms with Crippen LogP contribution in [-0.4, -0.2) is 24.5 Å². The van der Waals surface area contributed by atoms with Crippen LogP contribution in [-0.2, 0) is 17.1 Å². The summed E-state index contributed by atoms with van der Waals surface area (Å²) < 4.78 is 0. The van der Waals surface area contributed by atoms with E-state index in [0.717, 1.165) is 58.4 Å². The van der Waals surface area contributed by atoms with Crippen LogP contribution < -0.4 is 10.2 Å². The smallest absolute Gasteiger partial charge is 0.872 e. The molecule has 0 amide bonds. The second-order valence-corrected chi connectivity index (χ2v) is 11.2. The fourth-order valence-electron chi connectivity index (χ4n) is 5.99. The summed E-state index contributed by atoms with van der Waals surface area (Å²) in [6.07, 6.45) is 18.7. The molecular weight excluding hydrogens is 556 g/mol. The Morgan fingerprint density at radius 1 is 0.488 bits per heavy atom. The van der Waals surface area contributed by atoms with E-state index in [0.29, 0.717) is 12.1 Å². The second kappa shape index (κ2) is 15.7. The van der Waals surface area contributed by atoms with Gasteiger partial charge >= 0.3 is 17.1 Å². The van der Waals surface area contributed by atoms with Gasteiger partial charge in [0.05, 0.1) is 0 Å². The van der Waals surface area contributed by atoms with Crippen molar-refractivity contribution in [3.05, 3.63) is 83.9 Å². The minimum atomic E-state index is 0. The van der Waals surface area contributed by atoms with Crippen LogP contribution in [0.1, 0.15) is 88.2 Å². The average Bonchev–Trinajstić information content (AvgIpc) is 3.42. The standard InChI is InChI=1S/2C18H21NO.Cu/c2*20-18-12-11-14-7-5-6-10-16(14)17(18)13-19-15-8-3-1-2-4-9-15;/h2*5-7,10-13,15,20H,1-4,8-9H2;/q;;+2/p-2. The molecule has 217 valence electrons. The molecule has 2 aliphatic rings. The predicted molar refractivity (Wildman–Crippen MR) is 165 cm³/mol. The Labute approximate surface area is 255 Å². The van der Waals surface area contributed by atoms with E-state index in [2.05, 4.69) is 0 Å². The Bertz CT molecular complexity index is 1340. The molecule has 41 heavy (non-hydrogen) atoms. The zero-order valence-electron chi connectivity index (χ0n) is 23.7. The van der Waals surface area contributed by atoms with Gasteiger partial charge in [-0.2, -0.15) is 0 Å². The van der Waals surface area contributed by atoms with Crippen LogP contribution in [0.25, 0.3) is 21.5 Å². The number of fused-ring (bicyclic) bond motifs is 2. The molecule has 2 fully saturated rings. The summed E-state index contributed by atoms with van der Waals surface area (Å²) in [7, 11) is 0. The predicted octanol–water partition coefficient (Wildman–Crippen LogP) is 8.11. The third kappa shape index (κ3) is 8.44. The normalized spacial score (nSPS) is 17.2. The van der Waals surface area contributed by atoms with E-state index in [1.807, 2.05) is 73.1 Å². The number of nitrogens with zero attached hydrogens (tertiary/aromatic N) is 2. The van der Waals surface area contributed by atoms with Gasteiger partial charge in [0.2, 0.25) is 0 Å². The van der Waals surface area contributed by atoms with Gasteiger partial charge in [0.15, 0.2) is 0 Å². The largest absolute Gasteiger partial charge is 2.00 e. The number of hydrogen-bond acceptors (Lipinski definition) is 4. The molecule has 2 saturated carbocycles. The minimum Gasteiger partial charge on any atom is -0.872 e. The first kappa shape index (κ1) is 30.8. The Morgan fingerprint density at radius 3 is 1.24 bits per heavy atom. The molecule has 0 saturated heterocycles. The van der Waals surface area contributed by atoms with Crippen LogP contribution in [0, 0.1) is 0 Å². The Morgan fingerprint density at radius 2 is 0.854 bits per heavy atom. The van der Waals surface area contributed by atoms with Crippen molar-refractivity contribution in [2.24, 2.45) is 9.98 Å². The molecule has 2 aliphatic carbocycles. The topological polar surface area (TPSA) is 70.8 Å². The van der Waals surface area contributed by atoms with Crippen LogP contribution in [0.2, 0.25) is 0 Å². The Kier molecular flexibility index (Phi) is 11.8. The summed E-state index contributed by atoms with van der Waals surface area (Å²) in [6.45, 7) is 0. The number of benzene rings is 4.